The number of aromatic amines is 1. The molecule has 0 aliphatic carbocycles. The third-order valence-electron chi connectivity index (χ3n) is 7.74. The fraction of sp³-hybridized carbons (Fsp3) is 0.485. The van der Waals surface area contributed by atoms with Crippen LogP contribution in [0, 0.1) is 0 Å². The van der Waals surface area contributed by atoms with Gasteiger partial charge in [0.15, 0.2) is 0 Å². The van der Waals surface area contributed by atoms with Crippen molar-refractivity contribution < 1.29 is 13.2 Å². The molecule has 0 fully saturated rings. The molecule has 238 valence electrons. The number of rotatable bonds is 17. The van der Waals surface area contributed by atoms with Crippen LogP contribution in [0.1, 0.15) is 64.8 Å². The fourth-order valence-electron chi connectivity index (χ4n) is 5.33. The van der Waals surface area contributed by atoms with E-state index in [-0.39, 0.29) is 17.0 Å². The summed E-state index contributed by atoms with van der Waals surface area (Å²) in [5.41, 5.74) is 2.72. The first-order valence-electron chi connectivity index (χ1n) is 15.7. The molecule has 1 N–H and O–H groups in total. The molecule has 0 spiro atoms. The van der Waals surface area contributed by atoms with Gasteiger partial charge in [-0.2, -0.15) is 9.40 Å². The van der Waals surface area contributed by atoms with Crippen molar-refractivity contribution >= 4 is 20.9 Å². The molecule has 44 heavy (non-hydrogen) atoms. The highest BCUT2D eigenvalue weighted by Crippen LogP contribution is 2.34. The van der Waals surface area contributed by atoms with E-state index in [1.165, 1.54) is 4.31 Å². The second-order valence-electron chi connectivity index (χ2n) is 11.0. The minimum Gasteiger partial charge on any atom is -0.493 e. The monoisotopic (exact) mass is 622 g/mol. The van der Waals surface area contributed by atoms with Crippen LogP contribution in [-0.4, -0.2) is 70.2 Å². The van der Waals surface area contributed by atoms with Gasteiger partial charge in [0.1, 0.15) is 11.3 Å². The molecule has 0 radical (unpaired) electrons. The van der Waals surface area contributed by atoms with Crippen LogP contribution < -0.4 is 10.3 Å². The fourth-order valence-corrected chi connectivity index (χ4v) is 6.76. The number of hydrogen-bond donors (Lipinski definition) is 1. The number of nitrogens with zero attached hydrogens (tertiary/aromatic N) is 5. The molecule has 10 nitrogen and oxygen atoms in total. The predicted octanol–water partition coefficient (Wildman–Crippen LogP) is 5.38. The summed E-state index contributed by atoms with van der Waals surface area (Å²) < 4.78 is 37.8. The standard InChI is InChI=1S/C33H46N6O4S/c1-6-10-18-38(9-4)19-20-39(24-25-14-11-12-17-34-25)44(41,42)26-15-16-31(43-21-8-3)27(22-26)30-23-28-29(13-7-2)36-37(5)32(28)33(40)35-30/h11-12,14-17,22-23H,6-10,13,18-21,24H2,1-5H3,(H,35,40). The number of aryl methyl sites for hydroxylation is 2. The molecule has 1 aromatic carbocycles. The van der Waals surface area contributed by atoms with Crippen LogP contribution in [0.15, 0.2) is 58.4 Å². The average Bonchev–Trinajstić information content (AvgIpc) is 3.34. The minimum atomic E-state index is -3.95. The highest BCUT2D eigenvalue weighted by atomic mass is 32.2. The summed E-state index contributed by atoms with van der Waals surface area (Å²) in [4.78, 5) is 23.1. The number of fused-ring (bicyclic) bond motifs is 1. The van der Waals surface area contributed by atoms with Crippen molar-refractivity contribution in [3.8, 4) is 17.0 Å². The van der Waals surface area contributed by atoms with Crippen LogP contribution in [0.2, 0.25) is 0 Å². The summed E-state index contributed by atoms with van der Waals surface area (Å²) in [6.07, 6.45) is 6.20. The second-order valence-corrected chi connectivity index (χ2v) is 13.0. The van der Waals surface area contributed by atoms with E-state index in [4.69, 9.17) is 4.74 Å². The van der Waals surface area contributed by atoms with Crippen molar-refractivity contribution in [1.82, 2.24) is 29.0 Å². The smallest absolute Gasteiger partial charge is 0.274 e. The SMILES string of the molecule is CCCCN(CC)CCN(Cc1ccccn1)S(=O)(=O)c1ccc(OCCC)c(-c2cc3c(CCC)nn(C)c3c(=O)[nH]2)c1. The molecule has 0 atom stereocenters. The molecule has 3 heterocycles. The summed E-state index contributed by atoms with van der Waals surface area (Å²) in [5.74, 6) is 0.509. The number of nitrogens with one attached hydrogen (secondary N) is 1. The van der Waals surface area contributed by atoms with Crippen LogP contribution in [0.3, 0.4) is 0 Å². The molecule has 0 aliphatic rings. The summed E-state index contributed by atoms with van der Waals surface area (Å²) in [6, 6.07) is 12.3. The maximum absolute atomic E-state index is 14.3. The number of unbranched alkanes of at least 4 members (excludes halogenated alkanes) is 1. The van der Waals surface area contributed by atoms with Gasteiger partial charge in [0.05, 0.1) is 35.1 Å². The lowest BCUT2D eigenvalue weighted by Gasteiger charge is -2.27. The molecule has 0 unspecified atom stereocenters. The van der Waals surface area contributed by atoms with Crippen LogP contribution in [0.4, 0.5) is 0 Å². The normalized spacial score (nSPS) is 12.1. The Kier molecular flexibility index (Phi) is 11.7. The zero-order valence-electron chi connectivity index (χ0n) is 26.7. The van der Waals surface area contributed by atoms with Gasteiger partial charge in [-0.15, -0.1) is 0 Å². The summed E-state index contributed by atoms with van der Waals surface area (Å²) >= 11 is 0. The highest BCUT2D eigenvalue weighted by molar-refractivity contribution is 7.89. The second kappa shape index (κ2) is 15.5. The maximum Gasteiger partial charge on any atom is 0.274 e. The van der Waals surface area contributed by atoms with Gasteiger partial charge < -0.3 is 14.6 Å². The lowest BCUT2D eigenvalue weighted by Crippen LogP contribution is -2.39. The van der Waals surface area contributed by atoms with Gasteiger partial charge in [0, 0.05) is 37.3 Å². The summed E-state index contributed by atoms with van der Waals surface area (Å²) in [6.45, 7) is 11.6. The molecule has 0 aliphatic heterocycles. The number of likely N-dealkylation sites (N-methyl/N-ethyl adjacent to an activating group) is 1. The number of hydrogen-bond acceptors (Lipinski definition) is 7. The van der Waals surface area contributed by atoms with Crippen molar-refractivity contribution in [3.05, 3.63) is 70.4 Å². The highest BCUT2D eigenvalue weighted by Gasteiger charge is 2.27. The van der Waals surface area contributed by atoms with E-state index < -0.39 is 10.0 Å². The molecule has 0 saturated heterocycles. The first-order valence-corrected chi connectivity index (χ1v) is 17.2. The van der Waals surface area contributed by atoms with Gasteiger partial charge in [0.2, 0.25) is 10.0 Å². The lowest BCUT2D eigenvalue weighted by molar-refractivity contribution is 0.253. The van der Waals surface area contributed by atoms with Gasteiger partial charge >= 0.3 is 0 Å². The Morgan fingerprint density at radius 1 is 0.977 bits per heavy atom. The van der Waals surface area contributed by atoms with E-state index >= 15 is 0 Å². The first-order chi connectivity index (χ1) is 21.2. The lowest BCUT2D eigenvalue weighted by atomic mass is 10.1. The molecular formula is C33H46N6O4S. The Morgan fingerprint density at radius 3 is 2.48 bits per heavy atom. The minimum absolute atomic E-state index is 0.129. The van der Waals surface area contributed by atoms with E-state index in [1.54, 1.807) is 36.1 Å². The summed E-state index contributed by atoms with van der Waals surface area (Å²) in [5, 5.41) is 5.34. The van der Waals surface area contributed by atoms with Gasteiger partial charge in [-0.25, -0.2) is 8.42 Å². The topological polar surface area (TPSA) is 113 Å². The average molecular weight is 623 g/mol. The van der Waals surface area contributed by atoms with Gasteiger partial charge in [0.25, 0.3) is 5.56 Å². The van der Waals surface area contributed by atoms with E-state index in [1.807, 2.05) is 31.2 Å². The number of pyridine rings is 2. The largest absolute Gasteiger partial charge is 0.493 e. The number of aromatic nitrogens is 4. The summed E-state index contributed by atoms with van der Waals surface area (Å²) in [7, 11) is -2.19. The van der Waals surface area contributed by atoms with Crippen molar-refractivity contribution in [3.63, 3.8) is 0 Å². The van der Waals surface area contributed by atoms with Gasteiger partial charge in [-0.3, -0.25) is 14.5 Å². The third-order valence-corrected chi connectivity index (χ3v) is 9.59. The van der Waals surface area contributed by atoms with Crippen molar-refractivity contribution in [1.29, 1.82) is 0 Å². The molecule has 3 aromatic heterocycles. The van der Waals surface area contributed by atoms with Crippen LogP contribution in [0.25, 0.3) is 22.2 Å². The Bertz CT molecular complexity index is 1680. The van der Waals surface area contributed by atoms with E-state index in [0.717, 1.165) is 56.3 Å². The van der Waals surface area contributed by atoms with Crippen LogP contribution in [-0.2, 0) is 30.0 Å². The quantitative estimate of drug-likeness (QED) is 0.168. The molecule has 11 heteroatoms. The molecular weight excluding hydrogens is 576 g/mol. The molecule has 0 bridgehead atoms. The van der Waals surface area contributed by atoms with Crippen LogP contribution in [0.5, 0.6) is 5.75 Å². The Morgan fingerprint density at radius 2 is 1.80 bits per heavy atom. The number of ether oxygens (including phenoxy) is 1. The zero-order chi connectivity index (χ0) is 31.7. The third kappa shape index (κ3) is 7.75. The Balaban J connectivity index is 1.80. The van der Waals surface area contributed by atoms with Crippen molar-refractivity contribution in [2.45, 2.75) is 71.2 Å². The van der Waals surface area contributed by atoms with Gasteiger partial charge in [-0.05, 0) is 68.8 Å². The molecule has 4 rings (SSSR count). The number of benzene rings is 1. The molecule has 0 saturated carbocycles. The van der Waals surface area contributed by atoms with E-state index in [9.17, 15) is 13.2 Å². The maximum atomic E-state index is 14.3. The van der Waals surface area contributed by atoms with Gasteiger partial charge in [-0.1, -0.05) is 46.6 Å². The Hall–Kier alpha value is -3.54. The Labute approximate surface area is 261 Å². The van der Waals surface area contributed by atoms with Crippen molar-refractivity contribution in [2.75, 3.05) is 32.8 Å². The first kappa shape index (κ1) is 33.4. The van der Waals surface area contributed by atoms with Crippen LogP contribution >= 0.6 is 0 Å². The number of H-pyrrole nitrogens is 1. The molecule has 4 aromatic rings. The predicted molar refractivity (Wildman–Crippen MR) is 175 cm³/mol. The van der Waals surface area contributed by atoms with E-state index in [0.29, 0.717) is 47.9 Å². The molecule has 0 amide bonds. The van der Waals surface area contributed by atoms with E-state index in [2.05, 4.69) is 40.7 Å². The number of sulfonamides is 1. The zero-order valence-corrected chi connectivity index (χ0v) is 27.5. The van der Waals surface area contributed by atoms with Crippen molar-refractivity contribution in [2.24, 2.45) is 7.05 Å².